The molecule has 0 spiro atoms. The molecule has 3 heterocycles. The smallest absolute Gasteiger partial charge is 0.282 e. The third-order valence-electron chi connectivity index (χ3n) is 4.74. The van der Waals surface area contributed by atoms with E-state index in [1.807, 2.05) is 24.3 Å². The van der Waals surface area contributed by atoms with Gasteiger partial charge in [-0.15, -0.1) is 0 Å². The monoisotopic (exact) mass is 351 g/mol. The molecule has 0 unspecified atom stereocenters. The van der Waals surface area contributed by atoms with Crippen LogP contribution in [0.3, 0.4) is 0 Å². The number of hydrogen-bond acceptors (Lipinski definition) is 5. The van der Waals surface area contributed by atoms with Crippen LogP contribution >= 0.6 is 0 Å². The Hall–Kier alpha value is -1.48. The van der Waals surface area contributed by atoms with E-state index in [0.29, 0.717) is 39.4 Å². The number of fused-ring (bicyclic) bond motifs is 1. The lowest BCUT2D eigenvalue weighted by Crippen LogP contribution is -2.50. The normalized spacial score (nSPS) is 22.2. The number of benzene rings is 1. The molecule has 0 amide bonds. The highest BCUT2D eigenvalue weighted by Crippen LogP contribution is 2.31. The number of hydrogen-bond donors (Lipinski definition) is 0. The van der Waals surface area contributed by atoms with Crippen LogP contribution in [0.2, 0.25) is 0 Å². The molecule has 7 nitrogen and oxygen atoms in total. The molecule has 0 N–H and O–H groups in total. The number of nitrogens with zero attached hydrogens (tertiary/aromatic N) is 3. The van der Waals surface area contributed by atoms with E-state index >= 15 is 0 Å². The van der Waals surface area contributed by atoms with Crippen LogP contribution in [-0.4, -0.2) is 61.4 Å². The Morgan fingerprint density at radius 1 is 1.00 bits per heavy atom. The zero-order valence-corrected chi connectivity index (χ0v) is 14.2. The molecule has 2 aromatic rings. The molecule has 0 radical (unpaired) electrons. The first-order valence-corrected chi connectivity index (χ1v) is 9.73. The summed E-state index contributed by atoms with van der Waals surface area (Å²) in [6.07, 6.45) is 1.47. The second kappa shape index (κ2) is 6.44. The van der Waals surface area contributed by atoms with Crippen molar-refractivity contribution in [2.45, 2.75) is 18.8 Å². The van der Waals surface area contributed by atoms with Crippen LogP contribution in [-0.2, 0) is 14.9 Å². The molecule has 1 aromatic carbocycles. The summed E-state index contributed by atoms with van der Waals surface area (Å²) in [5.41, 5.74) is 1.65. The first-order valence-electron chi connectivity index (χ1n) is 8.33. The van der Waals surface area contributed by atoms with Crippen molar-refractivity contribution >= 4 is 21.3 Å². The van der Waals surface area contributed by atoms with Crippen LogP contribution in [0.1, 0.15) is 24.7 Å². The Morgan fingerprint density at radius 3 is 2.38 bits per heavy atom. The molecule has 130 valence electrons. The van der Waals surface area contributed by atoms with Gasteiger partial charge in [0.2, 0.25) is 0 Å². The van der Waals surface area contributed by atoms with Gasteiger partial charge in [0.15, 0.2) is 11.5 Å². The SMILES string of the molecule is O=S(=O)(N1CCOCC1)N1CCC(c2nc3ccccc3o2)CC1. The molecular formula is C16H21N3O4S. The first kappa shape index (κ1) is 16.0. The van der Waals surface area contributed by atoms with Gasteiger partial charge in [-0.25, -0.2) is 4.98 Å². The molecule has 8 heteroatoms. The highest BCUT2D eigenvalue weighted by Gasteiger charge is 2.35. The summed E-state index contributed by atoms with van der Waals surface area (Å²) in [5, 5.41) is 0. The third kappa shape index (κ3) is 2.95. The second-order valence-corrected chi connectivity index (χ2v) is 8.14. The van der Waals surface area contributed by atoms with E-state index in [9.17, 15) is 8.42 Å². The predicted molar refractivity (Wildman–Crippen MR) is 88.9 cm³/mol. The van der Waals surface area contributed by atoms with Crippen LogP contribution in [0.25, 0.3) is 11.1 Å². The number of oxazole rings is 1. The summed E-state index contributed by atoms with van der Waals surface area (Å²) in [6.45, 7) is 2.82. The molecule has 1 aromatic heterocycles. The molecule has 0 atom stereocenters. The Balaban J connectivity index is 1.44. The van der Waals surface area contributed by atoms with E-state index in [4.69, 9.17) is 9.15 Å². The summed E-state index contributed by atoms with van der Waals surface area (Å²) in [5.74, 6) is 0.896. The summed E-state index contributed by atoms with van der Waals surface area (Å²) in [4.78, 5) is 4.55. The Labute approximate surface area is 141 Å². The predicted octanol–water partition coefficient (Wildman–Crippen LogP) is 1.58. The van der Waals surface area contributed by atoms with Gasteiger partial charge in [0, 0.05) is 32.1 Å². The Morgan fingerprint density at radius 2 is 1.67 bits per heavy atom. The zero-order valence-electron chi connectivity index (χ0n) is 13.4. The maximum atomic E-state index is 12.7. The van der Waals surface area contributed by atoms with Crippen LogP contribution in [0.15, 0.2) is 28.7 Å². The zero-order chi connectivity index (χ0) is 16.6. The Kier molecular flexibility index (Phi) is 4.29. The standard InChI is InChI=1S/C16H21N3O4S/c20-24(21,19-9-11-22-12-10-19)18-7-5-13(6-8-18)16-17-14-3-1-2-4-15(14)23-16/h1-4,13H,5-12H2. The highest BCUT2D eigenvalue weighted by atomic mass is 32.2. The lowest BCUT2D eigenvalue weighted by molar-refractivity contribution is 0.0695. The third-order valence-corrected chi connectivity index (χ3v) is 6.77. The van der Waals surface area contributed by atoms with Crippen molar-refractivity contribution < 1.29 is 17.6 Å². The van der Waals surface area contributed by atoms with Gasteiger partial charge in [-0.3, -0.25) is 0 Å². The van der Waals surface area contributed by atoms with E-state index in [-0.39, 0.29) is 5.92 Å². The summed E-state index contributed by atoms with van der Waals surface area (Å²) >= 11 is 0. The van der Waals surface area contributed by atoms with Gasteiger partial charge >= 0.3 is 0 Å². The molecule has 0 saturated carbocycles. The van der Waals surface area contributed by atoms with Crippen LogP contribution < -0.4 is 0 Å². The molecule has 0 bridgehead atoms. The number of piperidine rings is 1. The van der Waals surface area contributed by atoms with Crippen molar-refractivity contribution in [1.29, 1.82) is 0 Å². The van der Waals surface area contributed by atoms with Crippen molar-refractivity contribution in [2.24, 2.45) is 0 Å². The van der Waals surface area contributed by atoms with Gasteiger partial charge in [-0.1, -0.05) is 12.1 Å². The lowest BCUT2D eigenvalue weighted by atomic mass is 9.98. The maximum absolute atomic E-state index is 12.7. The molecular weight excluding hydrogens is 330 g/mol. The first-order chi connectivity index (χ1) is 11.6. The van der Waals surface area contributed by atoms with E-state index < -0.39 is 10.2 Å². The minimum Gasteiger partial charge on any atom is -0.440 e. The van der Waals surface area contributed by atoms with Crippen molar-refractivity contribution in [3.8, 4) is 0 Å². The van der Waals surface area contributed by atoms with Crippen molar-refractivity contribution in [3.05, 3.63) is 30.2 Å². The van der Waals surface area contributed by atoms with Gasteiger partial charge in [-0.05, 0) is 25.0 Å². The van der Waals surface area contributed by atoms with Crippen molar-refractivity contribution in [1.82, 2.24) is 13.6 Å². The number of aromatic nitrogens is 1. The van der Waals surface area contributed by atoms with Gasteiger partial charge in [0.25, 0.3) is 10.2 Å². The number of rotatable bonds is 3. The number of para-hydroxylation sites is 2. The topological polar surface area (TPSA) is 75.9 Å². The van der Waals surface area contributed by atoms with Gasteiger partial charge in [-0.2, -0.15) is 17.0 Å². The van der Waals surface area contributed by atoms with Gasteiger partial charge < -0.3 is 9.15 Å². The van der Waals surface area contributed by atoms with Crippen LogP contribution in [0.4, 0.5) is 0 Å². The van der Waals surface area contributed by atoms with Gasteiger partial charge in [0.05, 0.1) is 13.2 Å². The summed E-state index contributed by atoms with van der Waals surface area (Å²) < 4.78 is 39.5. The molecule has 2 aliphatic heterocycles. The van der Waals surface area contributed by atoms with E-state index in [1.165, 1.54) is 4.31 Å². The fourth-order valence-electron chi connectivity index (χ4n) is 3.34. The van der Waals surface area contributed by atoms with Crippen molar-refractivity contribution in [2.75, 3.05) is 39.4 Å². The largest absolute Gasteiger partial charge is 0.440 e. The number of morpholine rings is 1. The van der Waals surface area contributed by atoms with E-state index in [0.717, 1.165) is 29.8 Å². The molecule has 2 aliphatic rings. The molecule has 24 heavy (non-hydrogen) atoms. The molecule has 2 fully saturated rings. The molecule has 2 saturated heterocycles. The molecule has 4 rings (SSSR count). The number of ether oxygens (including phenoxy) is 1. The Bertz CT molecular complexity index is 773. The van der Waals surface area contributed by atoms with Crippen molar-refractivity contribution in [3.63, 3.8) is 0 Å². The maximum Gasteiger partial charge on any atom is 0.282 e. The highest BCUT2D eigenvalue weighted by molar-refractivity contribution is 7.86. The van der Waals surface area contributed by atoms with Crippen LogP contribution in [0.5, 0.6) is 0 Å². The minimum absolute atomic E-state index is 0.175. The summed E-state index contributed by atoms with van der Waals surface area (Å²) in [7, 11) is -3.38. The fourth-order valence-corrected chi connectivity index (χ4v) is 4.95. The lowest BCUT2D eigenvalue weighted by Gasteiger charge is -2.35. The summed E-state index contributed by atoms with van der Waals surface area (Å²) in [6, 6.07) is 7.70. The average Bonchev–Trinajstić information content (AvgIpc) is 3.07. The average molecular weight is 351 g/mol. The quantitative estimate of drug-likeness (QED) is 0.839. The molecule has 0 aliphatic carbocycles. The fraction of sp³-hybridized carbons (Fsp3) is 0.562. The van der Waals surface area contributed by atoms with Gasteiger partial charge in [0.1, 0.15) is 5.52 Å². The van der Waals surface area contributed by atoms with Crippen LogP contribution in [0, 0.1) is 0 Å². The van der Waals surface area contributed by atoms with E-state index in [1.54, 1.807) is 4.31 Å². The minimum atomic E-state index is -3.38. The second-order valence-electron chi connectivity index (χ2n) is 6.21. The van der Waals surface area contributed by atoms with E-state index in [2.05, 4.69) is 4.98 Å².